The quantitative estimate of drug-likeness (QED) is 0.743. The standard InChI is InChI=1S/C9H16N2O2.C7H8ClN/c1-6(2)8-9(13-4)10-5-7(11-8)12-3;1-5-3-4-6(2)9-7(5)8/h6,8H,5H2,1-4H3;3-4H,1-2H3. The molecule has 1 aromatic heterocycles. The van der Waals surface area contributed by atoms with E-state index < -0.39 is 0 Å². The molecule has 2 heterocycles. The van der Waals surface area contributed by atoms with Crippen LogP contribution in [0.3, 0.4) is 0 Å². The lowest BCUT2D eigenvalue weighted by molar-refractivity contribution is 0.344. The van der Waals surface area contributed by atoms with Gasteiger partial charge in [0.15, 0.2) is 0 Å². The number of hydrogen-bond donors (Lipinski definition) is 0. The Kier molecular flexibility index (Phi) is 7.32. The number of aliphatic imine (C=N–C) groups is 2. The first kappa shape index (κ1) is 18.4. The highest BCUT2D eigenvalue weighted by atomic mass is 35.5. The number of halogens is 1. The van der Waals surface area contributed by atoms with Gasteiger partial charge in [0.2, 0.25) is 11.8 Å². The van der Waals surface area contributed by atoms with Crippen LogP contribution in [-0.2, 0) is 9.47 Å². The second kappa shape index (κ2) is 8.73. The summed E-state index contributed by atoms with van der Waals surface area (Å²) in [7, 11) is 3.24. The van der Waals surface area contributed by atoms with E-state index in [1.165, 1.54) is 0 Å². The summed E-state index contributed by atoms with van der Waals surface area (Å²) in [5.74, 6) is 1.76. The maximum atomic E-state index is 5.70. The van der Waals surface area contributed by atoms with Crippen molar-refractivity contribution in [3.05, 3.63) is 28.5 Å². The second-order valence-electron chi connectivity index (χ2n) is 5.33. The van der Waals surface area contributed by atoms with Gasteiger partial charge >= 0.3 is 0 Å². The predicted molar refractivity (Wildman–Crippen MR) is 91.1 cm³/mol. The molecule has 0 aromatic carbocycles. The monoisotopic (exact) mass is 325 g/mol. The Morgan fingerprint density at radius 2 is 1.86 bits per heavy atom. The van der Waals surface area contributed by atoms with Gasteiger partial charge in [-0.1, -0.05) is 31.5 Å². The number of methoxy groups -OCH3 is 2. The molecule has 0 spiro atoms. The molecule has 1 aliphatic heterocycles. The first-order valence-corrected chi connectivity index (χ1v) is 7.55. The molecule has 0 radical (unpaired) electrons. The Labute approximate surface area is 137 Å². The van der Waals surface area contributed by atoms with Crippen LogP contribution < -0.4 is 0 Å². The molecular formula is C16H24ClN3O2. The minimum Gasteiger partial charge on any atom is -0.483 e. The molecular weight excluding hydrogens is 302 g/mol. The summed E-state index contributed by atoms with van der Waals surface area (Å²) in [6.07, 6.45) is 0. The molecule has 0 saturated carbocycles. The number of rotatable bonds is 1. The van der Waals surface area contributed by atoms with Crippen LogP contribution in [0.1, 0.15) is 25.1 Å². The zero-order chi connectivity index (χ0) is 16.7. The van der Waals surface area contributed by atoms with E-state index in [2.05, 4.69) is 28.8 Å². The molecule has 22 heavy (non-hydrogen) atoms. The summed E-state index contributed by atoms with van der Waals surface area (Å²) < 4.78 is 10.2. The predicted octanol–water partition coefficient (Wildman–Crippen LogP) is 3.47. The van der Waals surface area contributed by atoms with E-state index in [1.54, 1.807) is 14.2 Å². The Balaban J connectivity index is 0.000000235. The molecule has 6 heteroatoms. The van der Waals surface area contributed by atoms with Crippen LogP contribution >= 0.6 is 11.6 Å². The van der Waals surface area contributed by atoms with E-state index in [-0.39, 0.29) is 6.04 Å². The summed E-state index contributed by atoms with van der Waals surface area (Å²) in [4.78, 5) is 12.7. The fraction of sp³-hybridized carbons (Fsp3) is 0.562. The van der Waals surface area contributed by atoms with E-state index in [0.717, 1.165) is 11.3 Å². The first-order valence-electron chi connectivity index (χ1n) is 7.17. The van der Waals surface area contributed by atoms with Crippen molar-refractivity contribution in [2.75, 3.05) is 20.8 Å². The molecule has 0 bridgehead atoms. The fourth-order valence-electron chi connectivity index (χ4n) is 1.82. The van der Waals surface area contributed by atoms with Gasteiger partial charge in [0.1, 0.15) is 17.7 Å². The Morgan fingerprint density at radius 3 is 2.32 bits per heavy atom. The van der Waals surface area contributed by atoms with E-state index >= 15 is 0 Å². The van der Waals surface area contributed by atoms with Gasteiger partial charge in [0.25, 0.3) is 0 Å². The third-order valence-corrected chi connectivity index (χ3v) is 3.54. The van der Waals surface area contributed by atoms with Crippen LogP contribution in [0.5, 0.6) is 0 Å². The van der Waals surface area contributed by atoms with Gasteiger partial charge in [-0.05, 0) is 31.4 Å². The lowest BCUT2D eigenvalue weighted by Crippen LogP contribution is -2.32. The van der Waals surface area contributed by atoms with Crippen LogP contribution in [0, 0.1) is 19.8 Å². The third-order valence-electron chi connectivity index (χ3n) is 3.16. The summed E-state index contributed by atoms with van der Waals surface area (Å²) in [5, 5.41) is 0.606. The van der Waals surface area contributed by atoms with Gasteiger partial charge in [0, 0.05) is 5.69 Å². The lowest BCUT2D eigenvalue weighted by Gasteiger charge is -2.22. The number of nitrogens with zero attached hydrogens (tertiary/aromatic N) is 3. The van der Waals surface area contributed by atoms with Crippen LogP contribution in [0.25, 0.3) is 0 Å². The molecule has 0 aliphatic carbocycles. The molecule has 0 fully saturated rings. The van der Waals surface area contributed by atoms with Crippen molar-refractivity contribution >= 4 is 23.4 Å². The van der Waals surface area contributed by atoms with Crippen molar-refractivity contribution in [1.29, 1.82) is 0 Å². The summed E-state index contributed by atoms with van der Waals surface area (Å²) in [5.41, 5.74) is 1.99. The van der Waals surface area contributed by atoms with Crippen molar-refractivity contribution < 1.29 is 9.47 Å². The highest BCUT2D eigenvalue weighted by Crippen LogP contribution is 2.13. The molecule has 2 rings (SSSR count). The van der Waals surface area contributed by atoms with Crippen molar-refractivity contribution in [1.82, 2.24) is 4.98 Å². The molecule has 0 amide bonds. The van der Waals surface area contributed by atoms with Gasteiger partial charge in [0.05, 0.1) is 14.2 Å². The van der Waals surface area contributed by atoms with Gasteiger partial charge in [-0.3, -0.25) is 0 Å². The topological polar surface area (TPSA) is 56.1 Å². The largest absolute Gasteiger partial charge is 0.483 e. The van der Waals surface area contributed by atoms with Crippen molar-refractivity contribution in [2.24, 2.45) is 15.9 Å². The fourth-order valence-corrected chi connectivity index (χ4v) is 2.02. The Bertz CT molecular complexity index is 556. The first-order chi connectivity index (χ1) is 10.4. The maximum Gasteiger partial charge on any atom is 0.209 e. The van der Waals surface area contributed by atoms with Crippen LogP contribution in [0.2, 0.25) is 5.15 Å². The summed E-state index contributed by atoms with van der Waals surface area (Å²) in [6.45, 7) is 8.52. The highest BCUT2D eigenvalue weighted by Gasteiger charge is 2.24. The smallest absolute Gasteiger partial charge is 0.209 e. The zero-order valence-corrected chi connectivity index (χ0v) is 14.8. The Hall–Kier alpha value is -1.62. The average molecular weight is 326 g/mol. The summed E-state index contributed by atoms with van der Waals surface area (Å²) >= 11 is 5.70. The molecule has 0 N–H and O–H groups in total. The lowest BCUT2D eigenvalue weighted by atomic mass is 10.0. The minimum absolute atomic E-state index is 0.00806. The van der Waals surface area contributed by atoms with Crippen molar-refractivity contribution in [3.63, 3.8) is 0 Å². The number of ether oxygens (including phenoxy) is 2. The zero-order valence-electron chi connectivity index (χ0n) is 14.1. The normalized spacial score (nSPS) is 17.2. The third kappa shape index (κ3) is 5.30. The molecule has 122 valence electrons. The van der Waals surface area contributed by atoms with Crippen LogP contribution in [0.15, 0.2) is 22.1 Å². The highest BCUT2D eigenvalue weighted by molar-refractivity contribution is 6.30. The molecule has 1 aliphatic rings. The van der Waals surface area contributed by atoms with Gasteiger partial charge in [-0.15, -0.1) is 0 Å². The molecule has 1 atom stereocenters. The van der Waals surface area contributed by atoms with Crippen LogP contribution in [0.4, 0.5) is 0 Å². The van der Waals surface area contributed by atoms with E-state index in [9.17, 15) is 0 Å². The number of aromatic nitrogens is 1. The number of pyridine rings is 1. The number of aryl methyl sites for hydroxylation is 2. The Morgan fingerprint density at radius 1 is 1.18 bits per heavy atom. The van der Waals surface area contributed by atoms with Crippen LogP contribution in [-0.4, -0.2) is 43.6 Å². The van der Waals surface area contributed by atoms with Gasteiger partial charge in [-0.25, -0.2) is 15.0 Å². The molecule has 1 aromatic rings. The van der Waals surface area contributed by atoms with E-state index in [0.29, 0.717) is 29.4 Å². The van der Waals surface area contributed by atoms with Crippen molar-refractivity contribution in [3.8, 4) is 0 Å². The van der Waals surface area contributed by atoms with Gasteiger partial charge < -0.3 is 9.47 Å². The average Bonchev–Trinajstić information content (AvgIpc) is 2.51. The van der Waals surface area contributed by atoms with E-state index in [4.69, 9.17) is 21.1 Å². The number of hydrogen-bond acceptors (Lipinski definition) is 5. The van der Waals surface area contributed by atoms with Crippen molar-refractivity contribution in [2.45, 2.75) is 33.7 Å². The SMILES string of the molecule is COC1=NC(C(C)C)C(OC)=NC1.Cc1ccc(C)c(Cl)n1. The summed E-state index contributed by atoms with van der Waals surface area (Å²) in [6, 6.07) is 3.92. The molecule has 5 nitrogen and oxygen atoms in total. The minimum atomic E-state index is 0.00806. The molecule has 1 unspecified atom stereocenters. The van der Waals surface area contributed by atoms with E-state index in [1.807, 2.05) is 26.0 Å². The maximum absolute atomic E-state index is 5.70. The molecule has 0 saturated heterocycles. The second-order valence-corrected chi connectivity index (χ2v) is 5.69. The van der Waals surface area contributed by atoms with Gasteiger partial charge in [-0.2, -0.15) is 0 Å².